The van der Waals surface area contributed by atoms with Gasteiger partial charge in [-0.05, 0) is 25.5 Å². The molecule has 0 saturated carbocycles. The summed E-state index contributed by atoms with van der Waals surface area (Å²) in [4.78, 5) is 27.0. The minimum Gasteiger partial charge on any atom is -0.361 e. The second-order valence-electron chi connectivity index (χ2n) is 6.84. The Hall–Kier alpha value is -3.74. The highest BCUT2D eigenvalue weighted by molar-refractivity contribution is 5.96. The van der Waals surface area contributed by atoms with Gasteiger partial charge in [-0.15, -0.1) is 0 Å². The predicted molar refractivity (Wildman–Crippen MR) is 108 cm³/mol. The molecule has 1 N–H and O–H groups in total. The number of rotatable bonds is 6. The van der Waals surface area contributed by atoms with E-state index in [0.29, 0.717) is 30.1 Å². The normalized spacial score (nSPS) is 10.8. The van der Waals surface area contributed by atoms with Crippen LogP contribution in [0, 0.1) is 13.8 Å². The fraction of sp³-hybridized carbons (Fsp3) is 0.182. The Bertz CT molecular complexity index is 1080. The molecular weight excluding hydrogens is 366 g/mol. The van der Waals surface area contributed by atoms with Crippen LogP contribution in [0.5, 0.6) is 0 Å². The fourth-order valence-corrected chi connectivity index (χ4v) is 3.25. The molecule has 0 unspecified atom stereocenters. The zero-order chi connectivity index (χ0) is 20.2. The van der Waals surface area contributed by atoms with Gasteiger partial charge in [0.05, 0.1) is 24.1 Å². The van der Waals surface area contributed by atoms with Gasteiger partial charge in [0.1, 0.15) is 17.1 Å². The molecule has 1 amide bonds. The Morgan fingerprint density at radius 3 is 2.59 bits per heavy atom. The number of hydrogen-bond donors (Lipinski definition) is 1. The summed E-state index contributed by atoms with van der Waals surface area (Å²) in [6.07, 6.45) is 5.24. The lowest BCUT2D eigenvalue weighted by molar-refractivity contribution is 0.0725. The van der Waals surface area contributed by atoms with Crippen molar-refractivity contribution in [2.75, 3.05) is 0 Å². The minimum atomic E-state index is -0.138. The molecule has 0 aliphatic heterocycles. The smallest absolute Gasteiger partial charge is 0.260 e. The second kappa shape index (κ2) is 8.10. The first kappa shape index (κ1) is 18.6. The van der Waals surface area contributed by atoms with Crippen LogP contribution in [0.3, 0.4) is 0 Å². The van der Waals surface area contributed by atoms with Gasteiger partial charge >= 0.3 is 0 Å². The summed E-state index contributed by atoms with van der Waals surface area (Å²) in [7, 11) is 0. The Balaban J connectivity index is 1.62. The maximum atomic E-state index is 13.3. The van der Waals surface area contributed by atoms with E-state index in [4.69, 9.17) is 4.52 Å². The third-order valence-corrected chi connectivity index (χ3v) is 4.67. The molecule has 3 aromatic heterocycles. The first-order valence-electron chi connectivity index (χ1n) is 9.32. The van der Waals surface area contributed by atoms with E-state index in [1.54, 1.807) is 37.3 Å². The first-order valence-corrected chi connectivity index (χ1v) is 9.32. The third kappa shape index (κ3) is 4.08. The third-order valence-electron chi connectivity index (χ3n) is 4.67. The van der Waals surface area contributed by atoms with Gasteiger partial charge in [-0.2, -0.15) is 0 Å². The van der Waals surface area contributed by atoms with Crippen molar-refractivity contribution >= 4 is 5.91 Å². The maximum absolute atomic E-state index is 13.3. The molecule has 0 radical (unpaired) electrons. The number of aromatic nitrogens is 4. The molecule has 3 heterocycles. The van der Waals surface area contributed by atoms with Crippen molar-refractivity contribution in [1.29, 1.82) is 0 Å². The number of nitrogens with zero attached hydrogens (tertiary/aromatic N) is 4. The molecular formula is C22H21N5O2. The zero-order valence-corrected chi connectivity index (χ0v) is 16.3. The summed E-state index contributed by atoms with van der Waals surface area (Å²) in [6.45, 7) is 4.31. The van der Waals surface area contributed by atoms with Crippen molar-refractivity contribution in [3.8, 4) is 11.4 Å². The van der Waals surface area contributed by atoms with E-state index in [1.165, 1.54) is 0 Å². The summed E-state index contributed by atoms with van der Waals surface area (Å²) in [5, 5.41) is 3.92. The average Bonchev–Trinajstić information content (AvgIpc) is 3.35. The van der Waals surface area contributed by atoms with E-state index in [0.717, 1.165) is 22.6 Å². The fourth-order valence-electron chi connectivity index (χ4n) is 3.25. The van der Waals surface area contributed by atoms with Gasteiger partial charge < -0.3 is 14.4 Å². The predicted octanol–water partition coefficient (Wildman–Crippen LogP) is 3.92. The van der Waals surface area contributed by atoms with Crippen molar-refractivity contribution in [2.24, 2.45) is 0 Å². The lowest BCUT2D eigenvalue weighted by Crippen LogP contribution is -2.31. The SMILES string of the molecule is Cc1noc(C)c1C(=O)N(Cc1cccnc1)Cc1cnc(-c2ccccc2)[nH]1. The van der Waals surface area contributed by atoms with Gasteiger partial charge in [-0.3, -0.25) is 9.78 Å². The summed E-state index contributed by atoms with van der Waals surface area (Å²) in [5.41, 5.74) is 3.85. The van der Waals surface area contributed by atoms with Crippen molar-refractivity contribution in [3.63, 3.8) is 0 Å². The van der Waals surface area contributed by atoms with Crippen molar-refractivity contribution in [3.05, 3.63) is 89.3 Å². The van der Waals surface area contributed by atoms with Gasteiger partial charge in [-0.1, -0.05) is 41.6 Å². The molecule has 0 atom stereocenters. The number of imidazole rings is 1. The van der Waals surface area contributed by atoms with Gasteiger partial charge in [0.15, 0.2) is 0 Å². The van der Waals surface area contributed by atoms with Crippen molar-refractivity contribution in [2.45, 2.75) is 26.9 Å². The molecule has 1 aromatic carbocycles. The Kier molecular flexibility index (Phi) is 5.20. The highest BCUT2D eigenvalue weighted by Gasteiger charge is 2.24. The van der Waals surface area contributed by atoms with E-state index in [2.05, 4.69) is 20.1 Å². The number of H-pyrrole nitrogens is 1. The summed E-state index contributed by atoms with van der Waals surface area (Å²) in [6, 6.07) is 13.7. The number of benzene rings is 1. The number of pyridine rings is 1. The van der Waals surface area contributed by atoms with E-state index in [1.807, 2.05) is 42.5 Å². The maximum Gasteiger partial charge on any atom is 0.260 e. The van der Waals surface area contributed by atoms with Gasteiger partial charge in [0.25, 0.3) is 5.91 Å². The zero-order valence-electron chi connectivity index (χ0n) is 16.3. The molecule has 7 nitrogen and oxygen atoms in total. The Morgan fingerprint density at radius 1 is 1.07 bits per heavy atom. The van der Waals surface area contributed by atoms with Gasteiger partial charge in [-0.25, -0.2) is 4.98 Å². The largest absolute Gasteiger partial charge is 0.361 e. The molecule has 7 heteroatoms. The van der Waals surface area contributed by atoms with Crippen LogP contribution in [0.25, 0.3) is 11.4 Å². The highest BCUT2D eigenvalue weighted by atomic mass is 16.5. The molecule has 0 bridgehead atoms. The number of carbonyl (C=O) groups excluding carboxylic acids is 1. The average molecular weight is 387 g/mol. The van der Waals surface area contributed by atoms with E-state index >= 15 is 0 Å². The molecule has 4 rings (SSSR count). The van der Waals surface area contributed by atoms with Crippen LogP contribution in [-0.2, 0) is 13.1 Å². The Morgan fingerprint density at radius 2 is 1.90 bits per heavy atom. The minimum absolute atomic E-state index is 0.138. The van der Waals surface area contributed by atoms with Crippen LogP contribution < -0.4 is 0 Å². The van der Waals surface area contributed by atoms with Crippen LogP contribution in [0.1, 0.15) is 33.1 Å². The van der Waals surface area contributed by atoms with Crippen molar-refractivity contribution in [1.82, 2.24) is 25.0 Å². The van der Waals surface area contributed by atoms with Crippen LogP contribution in [-0.4, -0.2) is 30.9 Å². The molecule has 0 saturated heterocycles. The number of carbonyl (C=O) groups is 1. The number of hydrogen-bond acceptors (Lipinski definition) is 5. The number of aromatic amines is 1. The quantitative estimate of drug-likeness (QED) is 0.542. The molecule has 0 fully saturated rings. The number of nitrogens with one attached hydrogen (secondary N) is 1. The standard InChI is InChI=1S/C22H21N5O2/c1-15-20(16(2)29-26-15)22(28)27(13-17-7-6-10-23-11-17)14-19-12-24-21(25-19)18-8-4-3-5-9-18/h3-12H,13-14H2,1-2H3,(H,24,25). The summed E-state index contributed by atoms with van der Waals surface area (Å²) < 4.78 is 5.20. The van der Waals surface area contributed by atoms with E-state index in [-0.39, 0.29) is 5.91 Å². The highest BCUT2D eigenvalue weighted by Crippen LogP contribution is 2.20. The first-order chi connectivity index (χ1) is 14.1. The van der Waals surface area contributed by atoms with Crippen LogP contribution in [0.2, 0.25) is 0 Å². The van der Waals surface area contributed by atoms with Crippen LogP contribution in [0.4, 0.5) is 0 Å². The monoisotopic (exact) mass is 387 g/mol. The molecule has 0 aliphatic carbocycles. The number of amides is 1. The molecule has 146 valence electrons. The number of aryl methyl sites for hydroxylation is 2. The second-order valence-corrected chi connectivity index (χ2v) is 6.84. The lowest BCUT2D eigenvalue weighted by Gasteiger charge is -2.22. The van der Waals surface area contributed by atoms with E-state index < -0.39 is 0 Å². The molecule has 0 aliphatic rings. The molecule has 4 aromatic rings. The summed E-state index contributed by atoms with van der Waals surface area (Å²) in [5.74, 6) is 1.14. The molecule has 29 heavy (non-hydrogen) atoms. The molecule has 0 spiro atoms. The Labute approximate surface area is 168 Å². The van der Waals surface area contributed by atoms with E-state index in [9.17, 15) is 4.79 Å². The summed E-state index contributed by atoms with van der Waals surface area (Å²) >= 11 is 0. The van der Waals surface area contributed by atoms with Crippen molar-refractivity contribution < 1.29 is 9.32 Å². The topological polar surface area (TPSA) is 87.9 Å². The van der Waals surface area contributed by atoms with Crippen LogP contribution in [0.15, 0.2) is 65.6 Å². The van der Waals surface area contributed by atoms with Gasteiger partial charge in [0.2, 0.25) is 0 Å². The lowest BCUT2D eigenvalue weighted by atomic mass is 10.1. The van der Waals surface area contributed by atoms with Gasteiger partial charge in [0, 0.05) is 24.5 Å². The van der Waals surface area contributed by atoms with Crippen LogP contribution >= 0.6 is 0 Å².